The standard InChI is InChI=1S/C17H24BNO4/c1-16(2)17(3,4)23-18(22-16)13-7-9-14(10-8-13)19-15(20)21-11-12-5-6-12/h7-10,12H,5-6,11H2,1-4H3,(H,19,20). The number of hydrogen-bond donors (Lipinski definition) is 1. The summed E-state index contributed by atoms with van der Waals surface area (Å²) >= 11 is 0. The number of hydrogen-bond acceptors (Lipinski definition) is 4. The van der Waals surface area contributed by atoms with Gasteiger partial charge in [0, 0.05) is 5.69 Å². The van der Waals surface area contributed by atoms with Gasteiger partial charge in [0.05, 0.1) is 17.8 Å². The lowest BCUT2D eigenvalue weighted by molar-refractivity contribution is 0.00578. The highest BCUT2D eigenvalue weighted by atomic mass is 16.7. The van der Waals surface area contributed by atoms with E-state index in [1.807, 2.05) is 52.0 Å². The maximum Gasteiger partial charge on any atom is 0.494 e. The van der Waals surface area contributed by atoms with E-state index in [1.54, 1.807) is 0 Å². The van der Waals surface area contributed by atoms with Crippen LogP contribution in [0.4, 0.5) is 10.5 Å². The van der Waals surface area contributed by atoms with E-state index in [1.165, 1.54) is 0 Å². The highest BCUT2D eigenvalue weighted by molar-refractivity contribution is 6.62. The number of benzene rings is 1. The Morgan fingerprint density at radius 2 is 1.74 bits per heavy atom. The van der Waals surface area contributed by atoms with E-state index in [9.17, 15) is 4.79 Å². The van der Waals surface area contributed by atoms with Gasteiger partial charge < -0.3 is 14.0 Å². The Bertz CT molecular complexity index is 565. The van der Waals surface area contributed by atoms with E-state index in [4.69, 9.17) is 14.0 Å². The van der Waals surface area contributed by atoms with E-state index >= 15 is 0 Å². The van der Waals surface area contributed by atoms with Gasteiger partial charge >= 0.3 is 13.2 Å². The minimum Gasteiger partial charge on any atom is -0.449 e. The number of anilines is 1. The van der Waals surface area contributed by atoms with E-state index in [-0.39, 0.29) is 11.2 Å². The first kappa shape index (κ1) is 16.3. The van der Waals surface area contributed by atoms with E-state index in [0.29, 0.717) is 18.2 Å². The first-order valence-electron chi connectivity index (χ1n) is 8.16. The van der Waals surface area contributed by atoms with Crippen molar-refractivity contribution >= 4 is 24.4 Å². The molecule has 0 bridgehead atoms. The molecule has 1 heterocycles. The minimum atomic E-state index is -0.403. The summed E-state index contributed by atoms with van der Waals surface area (Å²) in [5.41, 5.74) is 0.911. The maximum absolute atomic E-state index is 11.7. The number of ether oxygens (including phenoxy) is 1. The van der Waals surface area contributed by atoms with Crippen LogP contribution in [0.5, 0.6) is 0 Å². The fourth-order valence-electron chi connectivity index (χ4n) is 2.33. The van der Waals surface area contributed by atoms with Crippen molar-refractivity contribution in [3.8, 4) is 0 Å². The molecule has 1 N–H and O–H groups in total. The van der Waals surface area contributed by atoms with E-state index < -0.39 is 13.2 Å². The molecule has 0 unspecified atom stereocenters. The molecular weight excluding hydrogens is 293 g/mol. The molecular formula is C17H24BNO4. The molecule has 0 aromatic heterocycles. The summed E-state index contributed by atoms with van der Waals surface area (Å²) in [4.78, 5) is 11.7. The normalized spacial score (nSPS) is 22.0. The van der Waals surface area contributed by atoms with Gasteiger partial charge in [0.15, 0.2) is 0 Å². The van der Waals surface area contributed by atoms with Crippen molar-refractivity contribution < 1.29 is 18.8 Å². The van der Waals surface area contributed by atoms with Crippen LogP contribution in [0.2, 0.25) is 0 Å². The van der Waals surface area contributed by atoms with Crippen LogP contribution >= 0.6 is 0 Å². The van der Waals surface area contributed by atoms with Crippen molar-refractivity contribution in [1.82, 2.24) is 0 Å². The average Bonchev–Trinajstić information content (AvgIpc) is 3.25. The maximum atomic E-state index is 11.7. The van der Waals surface area contributed by atoms with Gasteiger partial charge in [-0.15, -0.1) is 0 Å². The summed E-state index contributed by atoms with van der Waals surface area (Å²) in [7, 11) is -0.393. The molecule has 0 radical (unpaired) electrons. The Hall–Kier alpha value is -1.53. The van der Waals surface area contributed by atoms with Gasteiger partial charge in [-0.2, -0.15) is 0 Å². The summed E-state index contributed by atoms with van der Waals surface area (Å²) < 4.78 is 17.2. The molecule has 5 nitrogen and oxygen atoms in total. The van der Waals surface area contributed by atoms with Crippen LogP contribution in [0, 0.1) is 5.92 Å². The van der Waals surface area contributed by atoms with Gasteiger partial charge in [-0.25, -0.2) is 4.79 Å². The third-order valence-corrected chi connectivity index (χ3v) is 4.83. The number of rotatable bonds is 4. The second-order valence-corrected chi connectivity index (χ2v) is 7.38. The smallest absolute Gasteiger partial charge is 0.449 e. The lowest BCUT2D eigenvalue weighted by Gasteiger charge is -2.32. The Kier molecular flexibility index (Phi) is 4.15. The molecule has 124 valence electrons. The van der Waals surface area contributed by atoms with Crippen LogP contribution in [0.25, 0.3) is 0 Å². The SMILES string of the molecule is CC1(C)OB(c2ccc(NC(=O)OCC3CC3)cc2)OC1(C)C. The third kappa shape index (κ3) is 3.70. The monoisotopic (exact) mass is 317 g/mol. The predicted molar refractivity (Wildman–Crippen MR) is 89.9 cm³/mol. The molecule has 0 spiro atoms. The Labute approximate surface area is 137 Å². The quantitative estimate of drug-likeness (QED) is 0.868. The molecule has 2 fully saturated rings. The second-order valence-electron chi connectivity index (χ2n) is 7.38. The lowest BCUT2D eigenvalue weighted by atomic mass is 9.79. The van der Waals surface area contributed by atoms with Crippen LogP contribution in [-0.2, 0) is 14.0 Å². The zero-order chi connectivity index (χ0) is 16.7. The molecule has 1 aromatic carbocycles. The summed E-state index contributed by atoms with van der Waals surface area (Å²) in [6.07, 6.45) is 1.92. The Balaban J connectivity index is 1.58. The van der Waals surface area contributed by atoms with Crippen LogP contribution in [-0.4, -0.2) is 31.0 Å². The highest BCUT2D eigenvalue weighted by Gasteiger charge is 2.51. The second kappa shape index (κ2) is 5.84. The zero-order valence-electron chi connectivity index (χ0n) is 14.2. The van der Waals surface area contributed by atoms with Gasteiger partial charge in [-0.1, -0.05) is 12.1 Å². The number of nitrogens with one attached hydrogen (secondary N) is 1. The molecule has 1 amide bonds. The number of carbonyl (C=O) groups is 1. The summed E-state index contributed by atoms with van der Waals surface area (Å²) in [6.45, 7) is 8.62. The molecule has 1 saturated heterocycles. The molecule has 1 aliphatic carbocycles. The van der Waals surface area contributed by atoms with Crippen molar-refractivity contribution in [2.45, 2.75) is 51.7 Å². The van der Waals surface area contributed by atoms with Crippen molar-refractivity contribution in [2.75, 3.05) is 11.9 Å². The lowest BCUT2D eigenvalue weighted by Crippen LogP contribution is -2.41. The molecule has 2 aliphatic rings. The minimum absolute atomic E-state index is 0.360. The Morgan fingerprint density at radius 3 is 2.26 bits per heavy atom. The van der Waals surface area contributed by atoms with Crippen molar-refractivity contribution in [3.63, 3.8) is 0 Å². The topological polar surface area (TPSA) is 56.8 Å². The molecule has 23 heavy (non-hydrogen) atoms. The molecule has 1 aliphatic heterocycles. The van der Waals surface area contributed by atoms with Gasteiger partial charge in [-0.05, 0) is 64.1 Å². The van der Waals surface area contributed by atoms with Crippen LogP contribution in [0.15, 0.2) is 24.3 Å². The van der Waals surface area contributed by atoms with Crippen molar-refractivity contribution in [3.05, 3.63) is 24.3 Å². The highest BCUT2D eigenvalue weighted by Crippen LogP contribution is 2.36. The van der Waals surface area contributed by atoms with E-state index in [0.717, 1.165) is 18.3 Å². The van der Waals surface area contributed by atoms with Crippen LogP contribution < -0.4 is 10.8 Å². The largest absolute Gasteiger partial charge is 0.494 e. The average molecular weight is 317 g/mol. The first-order chi connectivity index (χ1) is 10.8. The van der Waals surface area contributed by atoms with Crippen molar-refractivity contribution in [2.24, 2.45) is 5.92 Å². The van der Waals surface area contributed by atoms with Crippen LogP contribution in [0.1, 0.15) is 40.5 Å². The van der Waals surface area contributed by atoms with E-state index in [2.05, 4.69) is 5.32 Å². The first-order valence-corrected chi connectivity index (χ1v) is 8.16. The fourth-order valence-corrected chi connectivity index (χ4v) is 2.33. The molecule has 1 aromatic rings. The number of amides is 1. The van der Waals surface area contributed by atoms with Gasteiger partial charge in [0.2, 0.25) is 0 Å². The molecule has 3 rings (SSSR count). The van der Waals surface area contributed by atoms with Crippen LogP contribution in [0.3, 0.4) is 0 Å². The van der Waals surface area contributed by atoms with Gasteiger partial charge in [0.25, 0.3) is 0 Å². The Morgan fingerprint density at radius 1 is 1.17 bits per heavy atom. The summed E-state index contributed by atoms with van der Waals surface area (Å²) in [5.74, 6) is 0.562. The predicted octanol–water partition coefficient (Wildman–Crippen LogP) is 2.94. The fraction of sp³-hybridized carbons (Fsp3) is 0.588. The zero-order valence-corrected chi connectivity index (χ0v) is 14.2. The van der Waals surface area contributed by atoms with Crippen molar-refractivity contribution in [1.29, 1.82) is 0 Å². The molecule has 6 heteroatoms. The molecule has 1 saturated carbocycles. The van der Waals surface area contributed by atoms with Gasteiger partial charge in [-0.3, -0.25) is 5.32 Å². The summed E-state index contributed by atoms with van der Waals surface area (Å²) in [5, 5.41) is 2.73. The third-order valence-electron chi connectivity index (χ3n) is 4.83. The van der Waals surface area contributed by atoms with Gasteiger partial charge in [0.1, 0.15) is 0 Å². The number of carbonyl (C=O) groups excluding carboxylic acids is 1. The summed E-state index contributed by atoms with van der Waals surface area (Å²) in [6, 6.07) is 7.47. The molecule has 0 atom stereocenters.